The molecule has 1 saturated heterocycles. The summed E-state index contributed by atoms with van der Waals surface area (Å²) in [5.74, 6) is 0.388. The Kier molecular flexibility index (Phi) is 8.59. The molecule has 0 radical (unpaired) electrons. The molecule has 1 aliphatic rings. The van der Waals surface area contributed by atoms with Crippen molar-refractivity contribution in [1.29, 1.82) is 0 Å². The van der Waals surface area contributed by atoms with Crippen LogP contribution in [0, 0.1) is 5.92 Å². The van der Waals surface area contributed by atoms with E-state index in [9.17, 15) is 4.79 Å². The molecular weight excluding hydrogens is 326 g/mol. The van der Waals surface area contributed by atoms with Gasteiger partial charge in [0.2, 0.25) is 0 Å². The average Bonchev–Trinajstić information content (AvgIpc) is 2.53. The molecule has 5 nitrogen and oxygen atoms in total. The highest BCUT2D eigenvalue weighted by Crippen LogP contribution is 2.15. The second-order valence-electron chi connectivity index (χ2n) is 6.38. The van der Waals surface area contributed by atoms with E-state index in [1.54, 1.807) is 0 Å². The van der Waals surface area contributed by atoms with Gasteiger partial charge in [-0.3, -0.25) is 4.79 Å². The molecule has 2 rings (SSSR count). The Balaban J connectivity index is 0.000000505. The predicted octanol–water partition coefficient (Wildman–Crippen LogP) is 2.72. The fraction of sp³-hybridized carbons (Fsp3) is 0.611. The molecule has 136 valence electrons. The van der Waals surface area contributed by atoms with Crippen LogP contribution in [-0.2, 0) is 16.5 Å². The van der Waals surface area contributed by atoms with Gasteiger partial charge in [0.15, 0.2) is 5.78 Å². The van der Waals surface area contributed by atoms with Crippen molar-refractivity contribution in [2.45, 2.75) is 39.5 Å². The van der Waals surface area contributed by atoms with Crippen LogP contribution in [0.25, 0.3) is 0 Å². The van der Waals surface area contributed by atoms with Crippen molar-refractivity contribution < 1.29 is 17.8 Å². The molecule has 0 aromatic heterocycles. The van der Waals surface area contributed by atoms with Gasteiger partial charge in [0.05, 0.1) is 10.1 Å². The number of carbonyl (C=O) groups is 1. The zero-order valence-corrected chi connectivity index (χ0v) is 15.6. The van der Waals surface area contributed by atoms with Crippen molar-refractivity contribution >= 4 is 15.9 Å². The van der Waals surface area contributed by atoms with Gasteiger partial charge in [-0.15, -0.1) is 0 Å². The van der Waals surface area contributed by atoms with Crippen LogP contribution in [0.15, 0.2) is 24.3 Å². The van der Waals surface area contributed by atoms with Gasteiger partial charge in [0, 0.05) is 24.3 Å². The van der Waals surface area contributed by atoms with Crippen LogP contribution >= 0.6 is 0 Å². The second kappa shape index (κ2) is 9.91. The molecule has 1 aromatic carbocycles. The number of nitrogens with zero attached hydrogens (tertiary/aromatic N) is 1. The molecule has 0 amide bonds. The first kappa shape index (κ1) is 20.8. The van der Waals surface area contributed by atoms with Crippen LogP contribution in [0.2, 0.25) is 0 Å². The molecule has 1 aromatic rings. The van der Waals surface area contributed by atoms with E-state index in [1.807, 2.05) is 12.1 Å². The number of piperidine rings is 1. The molecule has 0 saturated carbocycles. The van der Waals surface area contributed by atoms with Crippen LogP contribution in [0.4, 0.5) is 0 Å². The van der Waals surface area contributed by atoms with E-state index >= 15 is 0 Å². The minimum absolute atomic E-state index is 0.102. The number of ketones is 1. The molecule has 1 fully saturated rings. The van der Waals surface area contributed by atoms with Crippen LogP contribution in [0.1, 0.15) is 49.0 Å². The third-order valence-electron chi connectivity index (χ3n) is 4.08. The lowest BCUT2D eigenvalue weighted by atomic mass is 9.97. The molecule has 0 bridgehead atoms. The molecule has 0 spiro atoms. The van der Waals surface area contributed by atoms with Crippen molar-refractivity contribution in [2.75, 3.05) is 25.9 Å². The summed E-state index contributed by atoms with van der Waals surface area (Å²) in [6.45, 7) is 7.42. The fourth-order valence-corrected chi connectivity index (χ4v) is 2.80. The second-order valence-corrected chi connectivity index (χ2v) is 7.79. The minimum atomic E-state index is -3.92. The normalized spacial score (nSPS) is 16.8. The lowest BCUT2D eigenvalue weighted by Gasteiger charge is -2.28. The van der Waals surface area contributed by atoms with E-state index in [2.05, 4.69) is 30.9 Å². The maximum absolute atomic E-state index is 12.4. The summed E-state index contributed by atoms with van der Waals surface area (Å²) < 4.78 is 27.2. The van der Waals surface area contributed by atoms with Gasteiger partial charge in [-0.05, 0) is 37.9 Å². The van der Waals surface area contributed by atoms with Crippen molar-refractivity contribution in [3.05, 3.63) is 35.4 Å². The topological polar surface area (TPSA) is 77.5 Å². The number of likely N-dealkylation sites (tertiary alicyclic amines) is 1. The van der Waals surface area contributed by atoms with Gasteiger partial charge in [0.1, 0.15) is 0 Å². The maximum Gasteiger partial charge on any atom is 0.166 e. The largest absolute Gasteiger partial charge is 0.748 e. The first-order valence-electron chi connectivity index (χ1n) is 8.47. The molecule has 1 heterocycles. The summed E-state index contributed by atoms with van der Waals surface area (Å²) in [6.07, 6.45) is 5.54. The molecule has 1 aliphatic heterocycles. The Morgan fingerprint density at radius 2 is 1.67 bits per heavy atom. The van der Waals surface area contributed by atoms with E-state index < -0.39 is 10.1 Å². The number of aryl methyl sites for hydroxylation is 1. The van der Waals surface area contributed by atoms with Crippen molar-refractivity contribution in [1.82, 2.24) is 4.90 Å². The van der Waals surface area contributed by atoms with Crippen LogP contribution in [0.3, 0.4) is 0 Å². The summed E-state index contributed by atoms with van der Waals surface area (Å²) >= 11 is 0. The zero-order chi connectivity index (χ0) is 18.2. The number of Topliss-reactive ketones (excluding diaryl/α,β-unsaturated/α-hetero) is 1. The van der Waals surface area contributed by atoms with E-state index in [1.165, 1.54) is 24.8 Å². The standard InChI is InChI=1S/C17H25NO.CH4O3S/c1-3-15-7-9-16(10-8-15)17(19)14(2)13-18-11-5-4-6-12-18;1-5(2,3)4/h7-10,14H,3-6,11-13H2,1-2H3;1H3,(H,2,3,4)/p-1. The Labute approximate surface area is 145 Å². The Morgan fingerprint density at radius 3 is 2.12 bits per heavy atom. The number of rotatable bonds is 5. The molecular formula is C18H28NO4S-. The highest BCUT2D eigenvalue weighted by Gasteiger charge is 2.19. The Morgan fingerprint density at radius 1 is 1.17 bits per heavy atom. The predicted molar refractivity (Wildman–Crippen MR) is 95.2 cm³/mol. The van der Waals surface area contributed by atoms with Gasteiger partial charge in [-0.1, -0.05) is 44.5 Å². The lowest BCUT2D eigenvalue weighted by Crippen LogP contribution is -2.35. The summed E-state index contributed by atoms with van der Waals surface area (Å²) in [4.78, 5) is 14.8. The van der Waals surface area contributed by atoms with E-state index in [-0.39, 0.29) is 11.7 Å². The van der Waals surface area contributed by atoms with Crippen LogP contribution in [0.5, 0.6) is 0 Å². The van der Waals surface area contributed by atoms with Crippen LogP contribution in [-0.4, -0.2) is 49.5 Å². The fourth-order valence-electron chi connectivity index (χ4n) is 2.80. The summed E-state index contributed by atoms with van der Waals surface area (Å²) in [6, 6.07) is 8.10. The summed E-state index contributed by atoms with van der Waals surface area (Å²) in [5.41, 5.74) is 2.15. The molecule has 24 heavy (non-hydrogen) atoms. The first-order chi connectivity index (χ1) is 11.2. The van der Waals surface area contributed by atoms with E-state index in [4.69, 9.17) is 13.0 Å². The van der Waals surface area contributed by atoms with Gasteiger partial charge in [-0.25, -0.2) is 8.42 Å². The smallest absolute Gasteiger partial charge is 0.166 e. The molecule has 6 heteroatoms. The molecule has 0 aliphatic carbocycles. The van der Waals surface area contributed by atoms with Gasteiger partial charge in [-0.2, -0.15) is 0 Å². The first-order valence-corrected chi connectivity index (χ1v) is 10.3. The number of benzene rings is 1. The Hall–Kier alpha value is -1.24. The summed E-state index contributed by atoms with van der Waals surface area (Å²) in [5, 5.41) is 0. The van der Waals surface area contributed by atoms with Gasteiger partial charge >= 0.3 is 0 Å². The highest BCUT2D eigenvalue weighted by atomic mass is 32.2. The van der Waals surface area contributed by atoms with Gasteiger partial charge in [0.25, 0.3) is 0 Å². The lowest BCUT2D eigenvalue weighted by molar-refractivity contribution is 0.0883. The van der Waals surface area contributed by atoms with Crippen LogP contribution < -0.4 is 0 Å². The maximum atomic E-state index is 12.4. The zero-order valence-electron chi connectivity index (χ0n) is 14.8. The molecule has 0 N–H and O–H groups in total. The molecule has 1 unspecified atom stereocenters. The summed E-state index contributed by atoms with van der Waals surface area (Å²) in [7, 11) is -3.92. The number of hydrogen-bond donors (Lipinski definition) is 0. The highest BCUT2D eigenvalue weighted by molar-refractivity contribution is 7.84. The molecule has 1 atom stereocenters. The van der Waals surface area contributed by atoms with E-state index in [0.717, 1.165) is 31.6 Å². The van der Waals surface area contributed by atoms with E-state index in [0.29, 0.717) is 6.26 Å². The minimum Gasteiger partial charge on any atom is -0.748 e. The number of carbonyl (C=O) groups excluding carboxylic acids is 1. The third kappa shape index (κ3) is 8.57. The monoisotopic (exact) mass is 354 g/mol. The van der Waals surface area contributed by atoms with Crippen molar-refractivity contribution in [2.24, 2.45) is 5.92 Å². The average molecular weight is 354 g/mol. The third-order valence-corrected chi connectivity index (χ3v) is 4.08. The van der Waals surface area contributed by atoms with Gasteiger partial charge < -0.3 is 9.45 Å². The van der Waals surface area contributed by atoms with Crippen molar-refractivity contribution in [3.8, 4) is 0 Å². The quantitative estimate of drug-likeness (QED) is 0.600. The van der Waals surface area contributed by atoms with Crippen molar-refractivity contribution in [3.63, 3.8) is 0 Å². The Bertz CT molecular complexity index is 596. The SMILES string of the molecule is CCc1ccc(C(=O)C(C)CN2CCCCC2)cc1.CS(=O)(=O)[O-]. The number of hydrogen-bond acceptors (Lipinski definition) is 5.